The first-order valence-electron chi connectivity index (χ1n) is 6.97. The van der Waals surface area contributed by atoms with Crippen LogP contribution in [0.25, 0.3) is 0 Å². The molecule has 1 aromatic carbocycles. The normalized spacial score (nSPS) is 15.8. The minimum absolute atomic E-state index is 0.0774. The number of aliphatic hydroxyl groups is 1. The summed E-state index contributed by atoms with van der Waals surface area (Å²) in [7, 11) is 3.86. The fourth-order valence-electron chi connectivity index (χ4n) is 1.85. The number of rotatable bonds is 8. The van der Waals surface area contributed by atoms with Crippen LogP contribution >= 0.6 is 23.2 Å². The summed E-state index contributed by atoms with van der Waals surface area (Å²) in [6, 6.07) is 5.24. The third-order valence-corrected chi connectivity index (χ3v) is 3.69. The molecule has 0 amide bonds. The van der Waals surface area contributed by atoms with E-state index >= 15 is 0 Å². The minimum atomic E-state index is -0.409. The van der Waals surface area contributed by atoms with Crippen molar-refractivity contribution in [2.24, 2.45) is 0 Å². The van der Waals surface area contributed by atoms with Crippen LogP contribution in [0.2, 0.25) is 10.0 Å². The summed E-state index contributed by atoms with van der Waals surface area (Å²) in [5, 5.41) is 14.2. The molecular weight excluding hydrogens is 311 g/mol. The smallest absolute Gasteiger partial charge is 0.138 e. The zero-order valence-electron chi connectivity index (χ0n) is 12.9. The van der Waals surface area contributed by atoms with Gasteiger partial charge in [-0.2, -0.15) is 0 Å². The number of halogens is 2. The lowest BCUT2D eigenvalue weighted by Gasteiger charge is -2.25. The van der Waals surface area contributed by atoms with E-state index in [-0.39, 0.29) is 12.1 Å². The van der Waals surface area contributed by atoms with Crippen molar-refractivity contribution in [1.82, 2.24) is 10.2 Å². The Labute approximate surface area is 137 Å². The Hall–Kier alpha value is -0.520. The topological polar surface area (TPSA) is 44.7 Å². The maximum atomic E-state index is 9.83. The highest BCUT2D eigenvalue weighted by molar-refractivity contribution is 6.35. The Bertz CT molecular complexity index is 444. The largest absolute Gasteiger partial charge is 0.488 e. The van der Waals surface area contributed by atoms with Crippen LogP contribution in [0.15, 0.2) is 18.2 Å². The molecule has 0 fully saturated rings. The van der Waals surface area contributed by atoms with Gasteiger partial charge in [0.15, 0.2) is 0 Å². The van der Waals surface area contributed by atoms with Crippen molar-refractivity contribution in [3.8, 4) is 5.75 Å². The van der Waals surface area contributed by atoms with Gasteiger partial charge in [-0.15, -0.1) is 0 Å². The average Bonchev–Trinajstić information content (AvgIpc) is 2.38. The standard InChI is InChI=1S/C15H24Cl2N2O2/c1-10(18-8-13(20)9-19(3)4)11(2)21-15-6-5-12(16)7-14(15)17/h5-7,10-11,13,18,20H,8-9H2,1-4H3. The van der Waals surface area contributed by atoms with Crippen LogP contribution in [0, 0.1) is 0 Å². The molecule has 0 spiro atoms. The molecule has 6 heteroatoms. The van der Waals surface area contributed by atoms with Gasteiger partial charge in [-0.25, -0.2) is 0 Å². The van der Waals surface area contributed by atoms with Crippen LogP contribution in [-0.4, -0.2) is 55.4 Å². The summed E-state index contributed by atoms with van der Waals surface area (Å²) in [5.41, 5.74) is 0. The molecule has 0 aliphatic rings. The molecule has 2 N–H and O–H groups in total. The fourth-order valence-corrected chi connectivity index (χ4v) is 2.30. The number of aliphatic hydroxyl groups excluding tert-OH is 1. The fraction of sp³-hybridized carbons (Fsp3) is 0.600. The molecule has 3 unspecified atom stereocenters. The van der Waals surface area contributed by atoms with Crippen molar-refractivity contribution < 1.29 is 9.84 Å². The molecular formula is C15H24Cl2N2O2. The summed E-state index contributed by atoms with van der Waals surface area (Å²) in [6.07, 6.45) is -0.496. The van der Waals surface area contributed by atoms with Crippen molar-refractivity contribution in [2.75, 3.05) is 27.2 Å². The van der Waals surface area contributed by atoms with E-state index in [0.29, 0.717) is 28.9 Å². The zero-order valence-corrected chi connectivity index (χ0v) is 14.4. The first-order valence-corrected chi connectivity index (χ1v) is 7.73. The molecule has 0 radical (unpaired) electrons. The number of hydrogen-bond acceptors (Lipinski definition) is 4. The third kappa shape index (κ3) is 6.85. The Balaban J connectivity index is 2.45. The van der Waals surface area contributed by atoms with E-state index < -0.39 is 6.10 Å². The van der Waals surface area contributed by atoms with Gasteiger partial charge in [-0.05, 0) is 46.1 Å². The predicted octanol–water partition coefficient (Wildman–Crippen LogP) is 2.66. The predicted molar refractivity (Wildman–Crippen MR) is 88.6 cm³/mol. The summed E-state index contributed by atoms with van der Waals surface area (Å²) in [6.45, 7) is 5.11. The Morgan fingerprint density at radius 3 is 2.52 bits per heavy atom. The van der Waals surface area contributed by atoms with Gasteiger partial charge in [-0.1, -0.05) is 23.2 Å². The second-order valence-corrected chi connectivity index (χ2v) is 6.35. The van der Waals surface area contributed by atoms with Gasteiger partial charge >= 0.3 is 0 Å². The zero-order chi connectivity index (χ0) is 16.0. The number of benzene rings is 1. The van der Waals surface area contributed by atoms with Crippen molar-refractivity contribution in [3.05, 3.63) is 28.2 Å². The van der Waals surface area contributed by atoms with Crippen LogP contribution < -0.4 is 10.1 Å². The van der Waals surface area contributed by atoms with E-state index in [9.17, 15) is 5.11 Å². The van der Waals surface area contributed by atoms with E-state index in [1.54, 1.807) is 18.2 Å². The average molecular weight is 335 g/mol. The van der Waals surface area contributed by atoms with Gasteiger partial charge < -0.3 is 20.1 Å². The molecule has 1 aromatic rings. The van der Waals surface area contributed by atoms with Crippen molar-refractivity contribution in [2.45, 2.75) is 32.1 Å². The molecule has 21 heavy (non-hydrogen) atoms. The number of likely N-dealkylation sites (N-methyl/N-ethyl adjacent to an activating group) is 1. The molecule has 0 bridgehead atoms. The summed E-state index contributed by atoms with van der Waals surface area (Å²) < 4.78 is 5.83. The number of ether oxygens (including phenoxy) is 1. The van der Waals surface area contributed by atoms with E-state index in [0.717, 1.165) is 0 Å². The van der Waals surface area contributed by atoms with E-state index in [1.807, 2.05) is 32.8 Å². The Morgan fingerprint density at radius 2 is 1.95 bits per heavy atom. The number of hydrogen-bond donors (Lipinski definition) is 2. The lowest BCUT2D eigenvalue weighted by atomic mass is 10.2. The molecule has 0 saturated heterocycles. The monoisotopic (exact) mass is 334 g/mol. The van der Waals surface area contributed by atoms with Gasteiger partial charge in [0, 0.05) is 24.2 Å². The highest BCUT2D eigenvalue weighted by Crippen LogP contribution is 2.28. The quantitative estimate of drug-likeness (QED) is 0.767. The molecule has 0 saturated carbocycles. The second kappa shape index (κ2) is 8.81. The van der Waals surface area contributed by atoms with Crippen molar-refractivity contribution in [1.29, 1.82) is 0 Å². The van der Waals surface area contributed by atoms with Gasteiger partial charge in [-0.3, -0.25) is 0 Å². The number of nitrogens with one attached hydrogen (secondary N) is 1. The summed E-state index contributed by atoms with van der Waals surface area (Å²) >= 11 is 11.9. The molecule has 0 aliphatic heterocycles. The van der Waals surface area contributed by atoms with Gasteiger partial charge in [0.05, 0.1) is 11.1 Å². The Morgan fingerprint density at radius 1 is 1.29 bits per heavy atom. The summed E-state index contributed by atoms with van der Waals surface area (Å²) in [5.74, 6) is 0.607. The molecule has 0 aromatic heterocycles. The molecule has 0 heterocycles. The van der Waals surface area contributed by atoms with Crippen LogP contribution in [0.5, 0.6) is 5.75 Å². The van der Waals surface area contributed by atoms with E-state index in [2.05, 4.69) is 5.32 Å². The second-order valence-electron chi connectivity index (χ2n) is 5.51. The van der Waals surface area contributed by atoms with Crippen LogP contribution in [-0.2, 0) is 0 Å². The van der Waals surface area contributed by atoms with E-state index in [1.165, 1.54) is 0 Å². The molecule has 120 valence electrons. The molecule has 1 rings (SSSR count). The van der Waals surface area contributed by atoms with Crippen LogP contribution in [0.4, 0.5) is 0 Å². The van der Waals surface area contributed by atoms with E-state index in [4.69, 9.17) is 27.9 Å². The minimum Gasteiger partial charge on any atom is -0.488 e. The lowest BCUT2D eigenvalue weighted by Crippen LogP contribution is -2.44. The maximum Gasteiger partial charge on any atom is 0.138 e. The SMILES string of the molecule is CC(NCC(O)CN(C)C)C(C)Oc1ccc(Cl)cc1Cl. The van der Waals surface area contributed by atoms with Gasteiger partial charge in [0.25, 0.3) is 0 Å². The summed E-state index contributed by atoms with van der Waals surface area (Å²) in [4.78, 5) is 1.95. The van der Waals surface area contributed by atoms with Crippen molar-refractivity contribution >= 4 is 23.2 Å². The molecule has 4 nitrogen and oxygen atoms in total. The highest BCUT2D eigenvalue weighted by Gasteiger charge is 2.16. The first kappa shape index (κ1) is 18.5. The van der Waals surface area contributed by atoms with Gasteiger partial charge in [0.1, 0.15) is 11.9 Å². The van der Waals surface area contributed by atoms with Gasteiger partial charge in [0.2, 0.25) is 0 Å². The van der Waals surface area contributed by atoms with Crippen molar-refractivity contribution in [3.63, 3.8) is 0 Å². The first-order chi connectivity index (χ1) is 9.79. The molecule has 3 atom stereocenters. The van der Waals surface area contributed by atoms with Crippen LogP contribution in [0.3, 0.4) is 0 Å². The Kier molecular flexibility index (Phi) is 7.77. The number of nitrogens with zero attached hydrogens (tertiary/aromatic N) is 1. The highest BCUT2D eigenvalue weighted by atomic mass is 35.5. The third-order valence-electron chi connectivity index (χ3n) is 3.16. The van der Waals surface area contributed by atoms with Crippen LogP contribution in [0.1, 0.15) is 13.8 Å². The lowest BCUT2D eigenvalue weighted by molar-refractivity contribution is 0.118. The molecule has 0 aliphatic carbocycles. The maximum absolute atomic E-state index is 9.83.